The average Bonchev–Trinajstić information content (AvgIpc) is 2.90. The lowest BCUT2D eigenvalue weighted by Gasteiger charge is -2.36. The average molecular weight is 528 g/mol. The van der Waals surface area contributed by atoms with E-state index in [-0.39, 0.29) is 5.91 Å². The molecule has 0 radical (unpaired) electrons. The quantitative estimate of drug-likeness (QED) is 0.267. The maximum Gasteiger partial charge on any atom is 0.252 e. The van der Waals surface area contributed by atoms with Crippen molar-refractivity contribution in [1.29, 1.82) is 0 Å². The summed E-state index contributed by atoms with van der Waals surface area (Å²) in [5.74, 6) is 0.592. The van der Waals surface area contributed by atoms with Crippen molar-refractivity contribution >= 4 is 45.6 Å². The minimum absolute atomic E-state index is 0.0714. The van der Waals surface area contributed by atoms with E-state index in [2.05, 4.69) is 58.5 Å². The molecule has 7 heteroatoms. The van der Waals surface area contributed by atoms with Gasteiger partial charge in [-0.25, -0.2) is 4.98 Å². The van der Waals surface area contributed by atoms with E-state index >= 15 is 0 Å². The van der Waals surface area contributed by atoms with Crippen LogP contribution in [0.5, 0.6) is 0 Å². The molecule has 0 aliphatic carbocycles. The van der Waals surface area contributed by atoms with Gasteiger partial charge in [0.2, 0.25) is 0 Å². The zero-order valence-electron chi connectivity index (χ0n) is 22.0. The molecule has 0 bridgehead atoms. The number of piperazine rings is 1. The molecule has 1 saturated heterocycles. The number of carbonyl (C=O) groups excluding carboxylic acids is 1. The number of nitrogens with one attached hydrogen (secondary N) is 2. The third-order valence-corrected chi connectivity index (χ3v) is 7.17. The number of hydrogen-bond donors (Lipinski definition) is 2. The number of halogens is 1. The van der Waals surface area contributed by atoms with Gasteiger partial charge < -0.3 is 15.5 Å². The fraction of sp³-hybridized carbons (Fsp3) is 0.290. The fourth-order valence-corrected chi connectivity index (χ4v) is 5.31. The lowest BCUT2D eigenvalue weighted by molar-refractivity contribution is 0.0953. The summed E-state index contributed by atoms with van der Waals surface area (Å²) in [6.45, 7) is 9.70. The smallest absolute Gasteiger partial charge is 0.252 e. The summed E-state index contributed by atoms with van der Waals surface area (Å²) >= 11 is 6.16. The molecule has 3 aromatic carbocycles. The molecule has 0 unspecified atom stereocenters. The van der Waals surface area contributed by atoms with Gasteiger partial charge in [-0.3, -0.25) is 9.69 Å². The van der Waals surface area contributed by atoms with Gasteiger partial charge in [0.25, 0.3) is 5.91 Å². The zero-order chi connectivity index (χ0) is 26.5. The molecule has 6 nitrogen and oxygen atoms in total. The number of aromatic nitrogens is 1. The molecule has 196 valence electrons. The van der Waals surface area contributed by atoms with E-state index in [1.807, 2.05) is 48.5 Å². The number of amides is 1. The van der Waals surface area contributed by atoms with Crippen LogP contribution in [-0.2, 0) is 0 Å². The summed E-state index contributed by atoms with van der Waals surface area (Å²) in [7, 11) is 0. The Hall–Kier alpha value is -3.61. The number of aryl methyl sites for hydroxylation is 2. The van der Waals surface area contributed by atoms with Crippen LogP contribution in [0, 0.1) is 13.8 Å². The number of carbonyl (C=O) groups is 1. The lowest BCUT2D eigenvalue weighted by Crippen LogP contribution is -2.47. The van der Waals surface area contributed by atoms with E-state index in [9.17, 15) is 4.79 Å². The number of anilines is 3. The molecule has 1 aromatic heterocycles. The molecule has 2 N–H and O–H groups in total. The first-order valence-electron chi connectivity index (χ1n) is 13.2. The van der Waals surface area contributed by atoms with E-state index in [4.69, 9.17) is 16.6 Å². The molecule has 1 aliphatic rings. The standard InChI is InChI=1S/C31H34ClN5O/c1-22-17-23(2)19-25(18-22)34-30-21-28(27-9-3-4-10-29(27)35-30)31(38)33-11-6-12-36-13-15-37(16-14-36)26-8-5-7-24(32)20-26/h3-5,7-10,17-21H,6,11-16H2,1-2H3,(H,33,38)(H,34,35). The van der Waals surface area contributed by atoms with Crippen LogP contribution in [0.15, 0.2) is 72.8 Å². The summed E-state index contributed by atoms with van der Waals surface area (Å²) in [4.78, 5) is 22.8. The maximum atomic E-state index is 13.3. The largest absolute Gasteiger partial charge is 0.369 e. The second kappa shape index (κ2) is 11.8. The Morgan fingerprint density at radius 3 is 2.45 bits per heavy atom. The van der Waals surface area contributed by atoms with Crippen LogP contribution < -0.4 is 15.5 Å². The highest BCUT2D eigenvalue weighted by Crippen LogP contribution is 2.25. The molecule has 38 heavy (non-hydrogen) atoms. The molecule has 1 fully saturated rings. The van der Waals surface area contributed by atoms with Gasteiger partial charge in [-0.1, -0.05) is 41.9 Å². The predicted molar refractivity (Wildman–Crippen MR) is 158 cm³/mol. The number of para-hydroxylation sites is 1. The van der Waals surface area contributed by atoms with E-state index in [0.717, 1.165) is 60.8 Å². The number of pyridine rings is 1. The fourth-order valence-electron chi connectivity index (χ4n) is 5.12. The third-order valence-electron chi connectivity index (χ3n) is 6.94. The summed E-state index contributed by atoms with van der Waals surface area (Å²) < 4.78 is 0. The Labute approximate surface area is 229 Å². The summed E-state index contributed by atoms with van der Waals surface area (Å²) in [6.07, 6.45) is 0.902. The van der Waals surface area contributed by atoms with E-state index in [1.165, 1.54) is 16.8 Å². The normalized spacial score (nSPS) is 14.0. The van der Waals surface area contributed by atoms with Crippen LogP contribution in [0.3, 0.4) is 0 Å². The van der Waals surface area contributed by atoms with Crippen molar-refractivity contribution in [2.24, 2.45) is 0 Å². The summed E-state index contributed by atoms with van der Waals surface area (Å²) in [5.41, 5.74) is 5.93. The molecular formula is C31H34ClN5O. The van der Waals surface area contributed by atoms with Gasteiger partial charge in [-0.2, -0.15) is 0 Å². The van der Waals surface area contributed by atoms with Crippen molar-refractivity contribution < 1.29 is 4.79 Å². The Morgan fingerprint density at radius 1 is 0.921 bits per heavy atom. The topological polar surface area (TPSA) is 60.5 Å². The number of rotatable bonds is 8. The minimum Gasteiger partial charge on any atom is -0.369 e. The number of hydrogen-bond acceptors (Lipinski definition) is 5. The molecule has 0 spiro atoms. The highest BCUT2D eigenvalue weighted by Gasteiger charge is 2.18. The van der Waals surface area contributed by atoms with Gasteiger partial charge in [-0.05, 0) is 80.4 Å². The Bertz CT molecular complexity index is 1410. The Balaban J connectivity index is 1.17. The summed E-state index contributed by atoms with van der Waals surface area (Å²) in [5, 5.41) is 8.16. The van der Waals surface area contributed by atoms with Crippen LogP contribution in [0.4, 0.5) is 17.2 Å². The molecule has 0 saturated carbocycles. The molecule has 2 heterocycles. The first-order chi connectivity index (χ1) is 18.4. The van der Waals surface area contributed by atoms with Crippen molar-refractivity contribution in [3.63, 3.8) is 0 Å². The van der Waals surface area contributed by atoms with Gasteiger partial charge in [0, 0.05) is 54.5 Å². The highest BCUT2D eigenvalue weighted by atomic mass is 35.5. The van der Waals surface area contributed by atoms with Gasteiger partial charge >= 0.3 is 0 Å². The van der Waals surface area contributed by atoms with Crippen LogP contribution in [0.1, 0.15) is 27.9 Å². The van der Waals surface area contributed by atoms with Crippen LogP contribution >= 0.6 is 11.6 Å². The maximum absolute atomic E-state index is 13.3. The van der Waals surface area contributed by atoms with E-state index in [1.54, 1.807) is 0 Å². The van der Waals surface area contributed by atoms with Gasteiger partial charge in [0.1, 0.15) is 5.82 Å². The van der Waals surface area contributed by atoms with Crippen molar-refractivity contribution in [2.45, 2.75) is 20.3 Å². The zero-order valence-corrected chi connectivity index (χ0v) is 22.8. The van der Waals surface area contributed by atoms with E-state index in [0.29, 0.717) is 17.9 Å². The number of benzene rings is 3. The van der Waals surface area contributed by atoms with Crippen molar-refractivity contribution in [2.75, 3.05) is 49.5 Å². The first-order valence-corrected chi connectivity index (χ1v) is 13.6. The molecule has 1 amide bonds. The highest BCUT2D eigenvalue weighted by molar-refractivity contribution is 6.30. The Kier molecular flexibility index (Phi) is 8.11. The molecule has 0 atom stereocenters. The number of fused-ring (bicyclic) bond motifs is 1. The SMILES string of the molecule is Cc1cc(C)cc(Nc2cc(C(=O)NCCCN3CCN(c4cccc(Cl)c4)CC3)c3ccccc3n2)c1. The molecule has 5 rings (SSSR count). The van der Waals surface area contributed by atoms with Crippen molar-refractivity contribution in [3.8, 4) is 0 Å². The molecule has 4 aromatic rings. The van der Waals surface area contributed by atoms with Crippen LogP contribution in [-0.4, -0.2) is 55.1 Å². The number of nitrogens with zero attached hydrogens (tertiary/aromatic N) is 3. The second-order valence-corrected chi connectivity index (χ2v) is 10.4. The molecule has 1 aliphatic heterocycles. The van der Waals surface area contributed by atoms with E-state index < -0.39 is 0 Å². The minimum atomic E-state index is -0.0714. The Morgan fingerprint density at radius 2 is 1.68 bits per heavy atom. The van der Waals surface area contributed by atoms with Gasteiger partial charge in [0.05, 0.1) is 11.1 Å². The monoisotopic (exact) mass is 527 g/mol. The van der Waals surface area contributed by atoms with Gasteiger partial charge in [0.15, 0.2) is 0 Å². The molecular weight excluding hydrogens is 494 g/mol. The van der Waals surface area contributed by atoms with Crippen molar-refractivity contribution in [3.05, 3.63) is 94.5 Å². The lowest BCUT2D eigenvalue weighted by atomic mass is 10.1. The van der Waals surface area contributed by atoms with Crippen LogP contribution in [0.2, 0.25) is 5.02 Å². The predicted octanol–water partition coefficient (Wildman–Crippen LogP) is 6.19. The summed E-state index contributed by atoms with van der Waals surface area (Å²) in [6, 6.07) is 24.0. The third kappa shape index (κ3) is 6.44. The van der Waals surface area contributed by atoms with Crippen molar-refractivity contribution in [1.82, 2.24) is 15.2 Å². The van der Waals surface area contributed by atoms with Gasteiger partial charge in [-0.15, -0.1) is 0 Å². The van der Waals surface area contributed by atoms with Crippen LogP contribution in [0.25, 0.3) is 10.9 Å². The second-order valence-electron chi connectivity index (χ2n) is 9.99. The first kappa shape index (κ1) is 26.0.